The van der Waals surface area contributed by atoms with Crippen LogP contribution in [0.15, 0.2) is 30.3 Å². The predicted octanol–water partition coefficient (Wildman–Crippen LogP) is 3.59. The first-order valence-electron chi connectivity index (χ1n) is 5.98. The summed E-state index contributed by atoms with van der Waals surface area (Å²) in [4.78, 5) is 11.1. The molecule has 0 spiro atoms. The maximum absolute atomic E-state index is 11.1. The molecule has 2 heteroatoms. The number of ketones is 1. The van der Waals surface area contributed by atoms with E-state index in [-0.39, 0.29) is 11.8 Å². The van der Waals surface area contributed by atoms with Gasteiger partial charge in [-0.3, -0.25) is 4.79 Å². The molecule has 0 aliphatic heterocycles. The number of hydrogen-bond donors (Lipinski definition) is 1. The molecule has 0 saturated heterocycles. The Morgan fingerprint density at radius 2 is 1.50 bits per heavy atom. The number of nitrogens with one attached hydrogen (secondary N) is 1. The van der Waals surface area contributed by atoms with E-state index in [1.54, 1.807) is 14.0 Å². The van der Waals surface area contributed by atoms with Crippen LogP contribution in [0.4, 0.5) is 0 Å². The van der Waals surface area contributed by atoms with Crippen LogP contribution in [-0.4, -0.2) is 12.8 Å². The second kappa shape index (κ2) is 11.9. The van der Waals surface area contributed by atoms with Gasteiger partial charge in [-0.1, -0.05) is 58.0 Å². The SMILES string of the molecule is CC.CC.CNC(C(C)=O)c1ccccc1. The lowest BCUT2D eigenvalue weighted by Crippen LogP contribution is -2.22. The molecule has 0 saturated carbocycles. The Kier molecular flexibility index (Phi) is 12.9. The Bertz CT molecular complexity index is 257. The summed E-state index contributed by atoms with van der Waals surface area (Å²) in [7, 11) is 1.79. The average Bonchev–Trinajstić information content (AvgIpc) is 2.36. The first-order chi connectivity index (χ1) is 7.75. The van der Waals surface area contributed by atoms with E-state index in [0.717, 1.165) is 5.56 Å². The summed E-state index contributed by atoms with van der Waals surface area (Å²) in [5, 5.41) is 2.97. The van der Waals surface area contributed by atoms with Crippen LogP contribution in [0.1, 0.15) is 46.2 Å². The number of carbonyl (C=O) groups excluding carboxylic acids is 1. The number of Topliss-reactive ketones (excluding diaryl/α,β-unsaturated/α-hetero) is 1. The van der Waals surface area contributed by atoms with Crippen molar-refractivity contribution in [2.45, 2.75) is 40.7 Å². The number of benzene rings is 1. The van der Waals surface area contributed by atoms with Crippen LogP contribution >= 0.6 is 0 Å². The first kappa shape index (κ1) is 17.3. The topological polar surface area (TPSA) is 29.1 Å². The van der Waals surface area contributed by atoms with Crippen molar-refractivity contribution < 1.29 is 4.79 Å². The van der Waals surface area contributed by atoms with Crippen molar-refractivity contribution >= 4 is 5.78 Å². The Morgan fingerprint density at radius 1 is 1.06 bits per heavy atom. The molecule has 0 amide bonds. The normalized spacial score (nSPS) is 10.1. The Morgan fingerprint density at radius 3 is 1.81 bits per heavy atom. The van der Waals surface area contributed by atoms with Crippen LogP contribution in [0, 0.1) is 0 Å². The number of hydrogen-bond acceptors (Lipinski definition) is 2. The van der Waals surface area contributed by atoms with E-state index in [1.165, 1.54) is 0 Å². The van der Waals surface area contributed by atoms with E-state index >= 15 is 0 Å². The van der Waals surface area contributed by atoms with Crippen molar-refractivity contribution in [2.24, 2.45) is 0 Å². The van der Waals surface area contributed by atoms with Gasteiger partial charge in [-0.2, -0.15) is 0 Å². The van der Waals surface area contributed by atoms with Crippen LogP contribution in [0.3, 0.4) is 0 Å². The van der Waals surface area contributed by atoms with Gasteiger partial charge in [0.05, 0.1) is 6.04 Å². The summed E-state index contributed by atoms with van der Waals surface area (Å²) < 4.78 is 0. The lowest BCUT2D eigenvalue weighted by atomic mass is 10.0. The standard InChI is InChI=1S/C10H13NO.2C2H6/c1-8(12)10(11-2)9-6-4-3-5-7-9;2*1-2/h3-7,10-11H,1-2H3;2*1-2H3. The zero-order valence-corrected chi connectivity index (χ0v) is 11.4. The monoisotopic (exact) mass is 223 g/mol. The van der Waals surface area contributed by atoms with Crippen molar-refractivity contribution in [3.8, 4) is 0 Å². The lowest BCUT2D eigenvalue weighted by molar-refractivity contribution is -0.119. The van der Waals surface area contributed by atoms with Crippen LogP contribution in [-0.2, 0) is 4.79 Å². The molecule has 1 aromatic carbocycles. The van der Waals surface area contributed by atoms with Gasteiger partial charge in [-0.25, -0.2) is 0 Å². The van der Waals surface area contributed by atoms with Crippen LogP contribution in [0.25, 0.3) is 0 Å². The molecule has 1 atom stereocenters. The van der Waals surface area contributed by atoms with Crippen molar-refractivity contribution in [3.63, 3.8) is 0 Å². The summed E-state index contributed by atoms with van der Waals surface area (Å²) in [6, 6.07) is 9.54. The van der Waals surface area contributed by atoms with Gasteiger partial charge in [0.2, 0.25) is 0 Å². The largest absolute Gasteiger partial charge is 0.307 e. The molecule has 0 radical (unpaired) electrons. The third-order valence-electron chi connectivity index (χ3n) is 1.83. The highest BCUT2D eigenvalue weighted by Gasteiger charge is 2.12. The number of carbonyl (C=O) groups is 1. The molecular formula is C14H25NO. The molecule has 2 nitrogen and oxygen atoms in total. The Balaban J connectivity index is 0. The first-order valence-corrected chi connectivity index (χ1v) is 5.98. The smallest absolute Gasteiger partial charge is 0.151 e. The zero-order chi connectivity index (χ0) is 13.0. The zero-order valence-electron chi connectivity index (χ0n) is 11.4. The van der Waals surface area contributed by atoms with Gasteiger partial charge in [-0.15, -0.1) is 0 Å². The molecule has 0 bridgehead atoms. The highest BCUT2D eigenvalue weighted by atomic mass is 16.1. The van der Waals surface area contributed by atoms with Gasteiger partial charge < -0.3 is 5.32 Å². The van der Waals surface area contributed by atoms with Crippen molar-refractivity contribution in [1.29, 1.82) is 0 Å². The van der Waals surface area contributed by atoms with Crippen LogP contribution in [0.2, 0.25) is 0 Å². The van der Waals surface area contributed by atoms with Gasteiger partial charge >= 0.3 is 0 Å². The second-order valence-electron chi connectivity index (χ2n) is 2.74. The fourth-order valence-electron chi connectivity index (χ4n) is 1.25. The molecule has 1 unspecified atom stereocenters. The minimum Gasteiger partial charge on any atom is -0.307 e. The quantitative estimate of drug-likeness (QED) is 0.848. The summed E-state index contributed by atoms with van der Waals surface area (Å²) in [5.74, 6) is 0.142. The summed E-state index contributed by atoms with van der Waals surface area (Å²) in [6.45, 7) is 9.59. The fraction of sp³-hybridized carbons (Fsp3) is 0.500. The highest BCUT2D eigenvalue weighted by molar-refractivity contribution is 5.82. The van der Waals surface area contributed by atoms with Crippen molar-refractivity contribution in [3.05, 3.63) is 35.9 Å². The van der Waals surface area contributed by atoms with Gasteiger partial charge in [-0.05, 0) is 19.5 Å². The third kappa shape index (κ3) is 6.36. The molecule has 92 valence electrons. The van der Waals surface area contributed by atoms with Gasteiger partial charge in [0.1, 0.15) is 0 Å². The van der Waals surface area contributed by atoms with E-state index in [9.17, 15) is 4.79 Å². The third-order valence-corrected chi connectivity index (χ3v) is 1.83. The van der Waals surface area contributed by atoms with E-state index in [1.807, 2.05) is 58.0 Å². The average molecular weight is 223 g/mol. The molecule has 1 N–H and O–H groups in total. The highest BCUT2D eigenvalue weighted by Crippen LogP contribution is 2.11. The molecule has 1 aromatic rings. The van der Waals surface area contributed by atoms with Gasteiger partial charge in [0.25, 0.3) is 0 Å². The molecule has 1 rings (SSSR count). The van der Waals surface area contributed by atoms with Crippen molar-refractivity contribution in [1.82, 2.24) is 5.32 Å². The van der Waals surface area contributed by atoms with E-state index in [4.69, 9.17) is 0 Å². The van der Waals surface area contributed by atoms with Gasteiger partial charge in [0.15, 0.2) is 5.78 Å². The van der Waals surface area contributed by atoms with E-state index in [2.05, 4.69) is 5.32 Å². The molecule has 0 fully saturated rings. The molecule has 0 heterocycles. The summed E-state index contributed by atoms with van der Waals surface area (Å²) in [6.07, 6.45) is 0. The summed E-state index contributed by atoms with van der Waals surface area (Å²) in [5.41, 5.74) is 1.02. The molecule has 16 heavy (non-hydrogen) atoms. The van der Waals surface area contributed by atoms with Gasteiger partial charge in [0, 0.05) is 0 Å². The lowest BCUT2D eigenvalue weighted by Gasteiger charge is -2.12. The minimum atomic E-state index is -0.161. The fourth-order valence-corrected chi connectivity index (χ4v) is 1.25. The predicted molar refractivity (Wildman–Crippen MR) is 71.6 cm³/mol. The molecular weight excluding hydrogens is 198 g/mol. The minimum absolute atomic E-state index is 0.142. The maximum atomic E-state index is 11.1. The van der Waals surface area contributed by atoms with E-state index < -0.39 is 0 Å². The molecule has 0 aromatic heterocycles. The van der Waals surface area contributed by atoms with Crippen LogP contribution in [0.5, 0.6) is 0 Å². The Labute approximate surface area is 100 Å². The van der Waals surface area contributed by atoms with E-state index in [0.29, 0.717) is 0 Å². The van der Waals surface area contributed by atoms with Crippen molar-refractivity contribution in [2.75, 3.05) is 7.05 Å². The Hall–Kier alpha value is -1.15. The number of rotatable bonds is 3. The molecule has 0 aliphatic rings. The van der Waals surface area contributed by atoms with Crippen LogP contribution < -0.4 is 5.32 Å². The summed E-state index contributed by atoms with van der Waals surface area (Å²) >= 11 is 0. The molecule has 0 aliphatic carbocycles. The maximum Gasteiger partial charge on any atom is 0.151 e. The number of likely N-dealkylation sites (N-methyl/N-ethyl adjacent to an activating group) is 1. The second-order valence-corrected chi connectivity index (χ2v) is 2.74.